The molecule has 2 N–H and O–H groups in total. The first-order chi connectivity index (χ1) is 13.3. The van der Waals surface area contributed by atoms with Crippen LogP contribution >= 0.6 is 15.9 Å². The third kappa shape index (κ3) is 5.73. The van der Waals surface area contributed by atoms with Gasteiger partial charge in [-0.1, -0.05) is 19.8 Å². The number of hydrogen-bond acceptors (Lipinski definition) is 5. The molecule has 0 unspecified atom stereocenters. The zero-order chi connectivity index (χ0) is 20.7. The van der Waals surface area contributed by atoms with E-state index in [9.17, 15) is 14.9 Å². The standard InChI is InChI=1S/C20H23BrN2O5/c1-12-5-3-4-6-16(12)23-20(26)14(10-22)7-13-8-15(21)19(17(9-13)27-2)28-11-18(24)25/h7-9,12,16H,3-6,11H2,1-2H3,(H,23,26)(H,24,25)/b14-7+/t12-,16-/m1/s1. The van der Waals surface area contributed by atoms with Crippen LogP contribution in [0.5, 0.6) is 11.5 Å². The second-order valence-corrected chi connectivity index (χ2v) is 7.58. The van der Waals surface area contributed by atoms with Gasteiger partial charge < -0.3 is 19.9 Å². The van der Waals surface area contributed by atoms with Crippen molar-refractivity contribution < 1.29 is 24.2 Å². The summed E-state index contributed by atoms with van der Waals surface area (Å²) < 4.78 is 10.9. The Morgan fingerprint density at radius 3 is 2.71 bits per heavy atom. The highest BCUT2D eigenvalue weighted by Gasteiger charge is 2.24. The van der Waals surface area contributed by atoms with Crippen LogP contribution in [0, 0.1) is 17.2 Å². The number of carboxylic acid groups (broad SMARTS) is 1. The number of aliphatic carboxylic acids is 1. The van der Waals surface area contributed by atoms with Crippen LogP contribution in [0.15, 0.2) is 22.2 Å². The van der Waals surface area contributed by atoms with Crippen LogP contribution in [-0.2, 0) is 9.59 Å². The molecule has 150 valence electrons. The zero-order valence-corrected chi connectivity index (χ0v) is 17.4. The van der Waals surface area contributed by atoms with Gasteiger partial charge in [-0.05, 0) is 58.5 Å². The van der Waals surface area contributed by atoms with Gasteiger partial charge in [0.15, 0.2) is 18.1 Å². The summed E-state index contributed by atoms with van der Waals surface area (Å²) in [5.74, 6) is -0.597. The summed E-state index contributed by atoms with van der Waals surface area (Å²) in [6.45, 7) is 1.59. The molecule has 7 nitrogen and oxygen atoms in total. The lowest BCUT2D eigenvalue weighted by Gasteiger charge is -2.29. The number of carboxylic acids is 1. The number of carbonyl (C=O) groups excluding carboxylic acids is 1. The first-order valence-electron chi connectivity index (χ1n) is 9.00. The maximum atomic E-state index is 12.5. The molecule has 1 aliphatic rings. The van der Waals surface area contributed by atoms with E-state index in [1.807, 2.05) is 6.07 Å². The van der Waals surface area contributed by atoms with Crippen LogP contribution in [-0.4, -0.2) is 36.7 Å². The number of hydrogen-bond donors (Lipinski definition) is 2. The lowest BCUT2D eigenvalue weighted by molar-refractivity contribution is -0.139. The Morgan fingerprint density at radius 2 is 2.11 bits per heavy atom. The van der Waals surface area contributed by atoms with Crippen molar-refractivity contribution in [1.82, 2.24) is 5.32 Å². The highest BCUT2D eigenvalue weighted by molar-refractivity contribution is 9.10. The van der Waals surface area contributed by atoms with Crippen LogP contribution in [0.4, 0.5) is 0 Å². The number of methoxy groups -OCH3 is 1. The van der Waals surface area contributed by atoms with E-state index in [-0.39, 0.29) is 17.4 Å². The molecule has 2 atom stereocenters. The summed E-state index contributed by atoms with van der Waals surface area (Å²) in [6, 6.07) is 5.24. The van der Waals surface area contributed by atoms with Crippen LogP contribution in [0.2, 0.25) is 0 Å². The largest absolute Gasteiger partial charge is 0.493 e. The number of nitrogens with zero attached hydrogens (tertiary/aromatic N) is 1. The second-order valence-electron chi connectivity index (χ2n) is 6.73. The Hall–Kier alpha value is -2.53. The Balaban J connectivity index is 2.23. The smallest absolute Gasteiger partial charge is 0.341 e. The van der Waals surface area contributed by atoms with Crippen molar-refractivity contribution in [3.05, 3.63) is 27.7 Å². The minimum absolute atomic E-state index is 0.00840. The lowest BCUT2D eigenvalue weighted by Crippen LogP contribution is -2.41. The van der Waals surface area contributed by atoms with Gasteiger partial charge in [0.25, 0.3) is 5.91 Å². The molecule has 2 rings (SSSR count). The molecule has 0 aromatic heterocycles. The molecule has 0 spiro atoms. The van der Waals surface area contributed by atoms with E-state index in [2.05, 4.69) is 28.2 Å². The highest BCUT2D eigenvalue weighted by Crippen LogP contribution is 2.37. The van der Waals surface area contributed by atoms with E-state index in [1.165, 1.54) is 19.6 Å². The van der Waals surface area contributed by atoms with Crippen LogP contribution in [0.1, 0.15) is 38.2 Å². The number of nitrogens with one attached hydrogen (secondary N) is 1. The van der Waals surface area contributed by atoms with Crippen molar-refractivity contribution in [3.8, 4) is 17.6 Å². The fourth-order valence-electron chi connectivity index (χ4n) is 3.19. The van der Waals surface area contributed by atoms with Gasteiger partial charge in [0.1, 0.15) is 11.6 Å². The van der Waals surface area contributed by atoms with Crippen molar-refractivity contribution in [2.75, 3.05) is 13.7 Å². The molecule has 1 aromatic carbocycles. The van der Waals surface area contributed by atoms with Crippen molar-refractivity contribution in [1.29, 1.82) is 5.26 Å². The van der Waals surface area contributed by atoms with E-state index < -0.39 is 18.5 Å². The summed E-state index contributed by atoms with van der Waals surface area (Å²) in [6.07, 6.45) is 5.69. The number of halogens is 1. The Labute approximate surface area is 172 Å². The van der Waals surface area contributed by atoms with Crippen LogP contribution in [0.25, 0.3) is 6.08 Å². The van der Waals surface area contributed by atoms with E-state index in [4.69, 9.17) is 14.6 Å². The summed E-state index contributed by atoms with van der Waals surface area (Å²) in [4.78, 5) is 23.3. The zero-order valence-electron chi connectivity index (χ0n) is 15.8. The molecule has 8 heteroatoms. The van der Waals surface area contributed by atoms with Gasteiger partial charge in [-0.15, -0.1) is 0 Å². The number of nitriles is 1. The minimum Gasteiger partial charge on any atom is -0.493 e. The van der Waals surface area contributed by atoms with E-state index in [0.29, 0.717) is 21.7 Å². The number of benzene rings is 1. The van der Waals surface area contributed by atoms with Gasteiger partial charge in [0.2, 0.25) is 0 Å². The molecule has 0 heterocycles. The Morgan fingerprint density at radius 1 is 1.39 bits per heavy atom. The summed E-state index contributed by atoms with van der Waals surface area (Å²) in [5.41, 5.74) is 0.542. The van der Waals surface area contributed by atoms with Gasteiger partial charge in [-0.3, -0.25) is 4.79 Å². The summed E-state index contributed by atoms with van der Waals surface area (Å²) in [5, 5.41) is 21.2. The minimum atomic E-state index is -1.11. The molecular weight excluding hydrogens is 428 g/mol. The van der Waals surface area contributed by atoms with Gasteiger partial charge in [0.05, 0.1) is 11.6 Å². The monoisotopic (exact) mass is 450 g/mol. The molecule has 28 heavy (non-hydrogen) atoms. The molecule has 1 amide bonds. The van der Waals surface area contributed by atoms with Crippen molar-refractivity contribution in [2.24, 2.45) is 5.92 Å². The van der Waals surface area contributed by atoms with Crippen LogP contribution in [0.3, 0.4) is 0 Å². The molecule has 0 aliphatic heterocycles. The predicted octanol–water partition coefficient (Wildman–Crippen LogP) is 3.52. The number of rotatable bonds is 7. The number of ether oxygens (including phenoxy) is 2. The first-order valence-corrected chi connectivity index (χ1v) is 9.79. The highest BCUT2D eigenvalue weighted by atomic mass is 79.9. The van der Waals surface area contributed by atoms with Gasteiger partial charge >= 0.3 is 5.97 Å². The first kappa shape index (κ1) is 21.8. The van der Waals surface area contributed by atoms with Crippen molar-refractivity contribution in [3.63, 3.8) is 0 Å². The average Bonchev–Trinajstić information content (AvgIpc) is 2.66. The average molecular weight is 451 g/mol. The van der Waals surface area contributed by atoms with Crippen LogP contribution < -0.4 is 14.8 Å². The van der Waals surface area contributed by atoms with E-state index in [0.717, 1.165) is 19.3 Å². The molecule has 1 fully saturated rings. The van der Waals surface area contributed by atoms with E-state index in [1.54, 1.807) is 12.1 Å². The molecule has 0 saturated heterocycles. The summed E-state index contributed by atoms with van der Waals surface area (Å²) >= 11 is 3.31. The van der Waals surface area contributed by atoms with Gasteiger partial charge in [0, 0.05) is 6.04 Å². The maximum absolute atomic E-state index is 12.5. The van der Waals surface area contributed by atoms with Crippen molar-refractivity contribution >= 4 is 33.9 Å². The van der Waals surface area contributed by atoms with Crippen molar-refractivity contribution in [2.45, 2.75) is 38.6 Å². The second kappa shape index (κ2) is 10.1. The Bertz CT molecular complexity index is 816. The van der Waals surface area contributed by atoms with E-state index >= 15 is 0 Å². The fraction of sp³-hybridized carbons (Fsp3) is 0.450. The molecule has 0 bridgehead atoms. The molecule has 1 aliphatic carbocycles. The molecular formula is C20H23BrN2O5. The van der Waals surface area contributed by atoms with Gasteiger partial charge in [-0.2, -0.15) is 5.26 Å². The Kier molecular flexibility index (Phi) is 7.88. The lowest BCUT2D eigenvalue weighted by atomic mass is 9.86. The summed E-state index contributed by atoms with van der Waals surface area (Å²) in [7, 11) is 1.42. The molecule has 1 aromatic rings. The van der Waals surface area contributed by atoms with Gasteiger partial charge in [-0.25, -0.2) is 4.79 Å². The maximum Gasteiger partial charge on any atom is 0.341 e. The molecule has 0 radical (unpaired) electrons. The number of amides is 1. The normalized spacial score (nSPS) is 19.4. The topological polar surface area (TPSA) is 109 Å². The fourth-order valence-corrected chi connectivity index (χ4v) is 3.76. The predicted molar refractivity (Wildman–Crippen MR) is 107 cm³/mol. The molecule has 1 saturated carbocycles. The number of carbonyl (C=O) groups is 2. The third-order valence-electron chi connectivity index (χ3n) is 4.70. The quantitative estimate of drug-likeness (QED) is 0.485. The SMILES string of the molecule is COc1cc(/C=C(\C#N)C(=O)N[C@@H]2CCCC[C@H]2C)cc(Br)c1OCC(=O)O. The third-order valence-corrected chi connectivity index (χ3v) is 5.28.